The molecular weight excluding hydrogens is 236 g/mol. The molecule has 0 aliphatic heterocycles. The number of aliphatic hydroxyl groups excluding tert-OH is 1. The van der Waals surface area contributed by atoms with E-state index < -0.39 is 22.5 Å². The molecule has 0 aromatic carbocycles. The second kappa shape index (κ2) is 7.47. The minimum Gasteiger partial charge on any atom is -0.479 e. The Morgan fingerprint density at radius 2 is 1.42 bits per heavy atom. The van der Waals surface area contributed by atoms with Crippen molar-refractivity contribution in [1.82, 2.24) is 0 Å². The maximum absolute atomic E-state index is 9.45. The van der Waals surface area contributed by atoms with Crippen molar-refractivity contribution in [3.8, 4) is 0 Å². The van der Waals surface area contributed by atoms with Gasteiger partial charge in [-0.1, -0.05) is 0 Å². The predicted molar refractivity (Wildman–Crippen MR) is 33.5 cm³/mol. The van der Waals surface area contributed by atoms with Gasteiger partial charge in [-0.25, -0.2) is 4.79 Å². The minimum atomic E-state index is -4.67. The molecule has 0 aliphatic rings. The molecule has 0 saturated carbocycles. The first kappa shape index (κ1) is 17.8. The van der Waals surface area contributed by atoms with Crippen molar-refractivity contribution in [1.29, 1.82) is 0 Å². The van der Waals surface area contributed by atoms with Gasteiger partial charge in [-0.3, -0.25) is 9.11 Å². The Hall–Kier alpha value is -0.181. The van der Waals surface area contributed by atoms with E-state index in [1.54, 1.807) is 0 Å². The second-order valence-electron chi connectivity index (χ2n) is 1.46. The van der Waals surface area contributed by atoms with Gasteiger partial charge in [0.15, 0.2) is 0 Å². The van der Waals surface area contributed by atoms with Crippen molar-refractivity contribution in [3.05, 3.63) is 0 Å². The van der Waals surface area contributed by atoms with Crippen molar-refractivity contribution in [2.24, 2.45) is 0 Å². The van der Waals surface area contributed by atoms with Gasteiger partial charge in [-0.15, -0.1) is 0 Å². The summed E-state index contributed by atoms with van der Waals surface area (Å²) >= 11 is 0. The summed E-state index contributed by atoms with van der Waals surface area (Å²) < 4.78 is 31.6. The third-order valence-corrected chi connectivity index (χ3v) is 0.357. The largest absolute Gasteiger partial charge is 0.479 e. The van der Waals surface area contributed by atoms with Crippen molar-refractivity contribution in [2.75, 3.05) is 0 Å². The third-order valence-electron chi connectivity index (χ3n) is 0.357. The summed E-state index contributed by atoms with van der Waals surface area (Å²) in [6.45, 7) is 1.20. The smallest absolute Gasteiger partial charge is 0.394 e. The Balaban J connectivity index is -0.000000126. The Morgan fingerprint density at radius 1 is 1.33 bits per heavy atom. The Labute approximate surface area is 79.5 Å². The van der Waals surface area contributed by atoms with E-state index in [0.29, 0.717) is 0 Å². The van der Waals surface area contributed by atoms with Crippen LogP contribution in [0.5, 0.6) is 0 Å². The molecule has 1 atom stereocenters. The van der Waals surface area contributed by atoms with Gasteiger partial charge in [0, 0.05) is 17.1 Å². The molecule has 0 aliphatic carbocycles. The van der Waals surface area contributed by atoms with Crippen LogP contribution in [0.4, 0.5) is 0 Å². The summed E-state index contributed by atoms with van der Waals surface area (Å²) in [5, 5.41) is 15.8. The van der Waals surface area contributed by atoms with E-state index in [1.165, 1.54) is 6.92 Å². The van der Waals surface area contributed by atoms with Gasteiger partial charge in [0.05, 0.1) is 0 Å². The van der Waals surface area contributed by atoms with E-state index in [4.69, 9.17) is 27.7 Å². The number of rotatable bonds is 1. The number of hydrogen-bond acceptors (Lipinski definition) is 4. The van der Waals surface area contributed by atoms with Crippen molar-refractivity contribution in [3.63, 3.8) is 0 Å². The van der Waals surface area contributed by atoms with Crippen LogP contribution in [0.25, 0.3) is 0 Å². The predicted octanol–water partition coefficient (Wildman–Crippen LogP) is -1.20. The van der Waals surface area contributed by atoms with E-state index in [-0.39, 0.29) is 17.1 Å². The van der Waals surface area contributed by atoms with Gasteiger partial charge in [-0.2, -0.15) is 8.42 Å². The molecule has 9 heteroatoms. The number of carboxylic acid groups (broad SMARTS) is 1. The molecule has 0 bridgehead atoms. The van der Waals surface area contributed by atoms with Gasteiger partial charge in [0.25, 0.3) is 0 Å². The van der Waals surface area contributed by atoms with Crippen LogP contribution < -0.4 is 0 Å². The van der Waals surface area contributed by atoms with E-state index in [9.17, 15) is 4.79 Å². The summed E-state index contributed by atoms with van der Waals surface area (Å²) in [7, 11) is -4.67. The maximum Gasteiger partial charge on any atom is 0.394 e. The Morgan fingerprint density at radius 3 is 1.42 bits per heavy atom. The zero-order chi connectivity index (χ0) is 9.65. The first-order valence-corrected chi connectivity index (χ1v) is 3.65. The Kier molecular flexibility index (Phi) is 11.1. The van der Waals surface area contributed by atoms with Gasteiger partial charge < -0.3 is 10.2 Å². The normalized spacial score (nSPS) is 11.7. The molecule has 0 aromatic rings. The number of aliphatic hydroxyl groups is 1. The molecule has 7 nitrogen and oxygen atoms in total. The second-order valence-corrected chi connectivity index (χ2v) is 2.36. The average molecular weight is 244 g/mol. The maximum atomic E-state index is 9.45. The Bertz CT molecular complexity index is 199. The van der Waals surface area contributed by atoms with Crippen molar-refractivity contribution < 1.29 is 49.6 Å². The van der Waals surface area contributed by atoms with Gasteiger partial charge >= 0.3 is 16.4 Å². The standard InChI is InChI=1S/C3H6O3.Fe.H2O4S/c1-2(4)3(5)6;;1-5(2,3)4/h2,4H,1H3,(H,5,6);;(H2,1,2,3,4). The van der Waals surface area contributed by atoms with Crippen LogP contribution in [-0.2, 0) is 32.3 Å². The van der Waals surface area contributed by atoms with E-state index >= 15 is 0 Å². The van der Waals surface area contributed by atoms with E-state index in [0.717, 1.165) is 0 Å². The van der Waals surface area contributed by atoms with Gasteiger partial charge in [0.2, 0.25) is 0 Å². The fourth-order valence-electron chi connectivity index (χ4n) is 0. The summed E-state index contributed by atoms with van der Waals surface area (Å²) in [6, 6.07) is 0. The summed E-state index contributed by atoms with van der Waals surface area (Å²) in [5.41, 5.74) is 0. The van der Waals surface area contributed by atoms with Crippen LogP contribution in [0.15, 0.2) is 0 Å². The molecule has 0 amide bonds. The SMILES string of the molecule is CC(O)C(=O)O.O=S(=O)(O)O.[Fe]. The molecule has 4 N–H and O–H groups in total. The molecule has 0 aromatic heterocycles. The zero-order valence-electron chi connectivity index (χ0n) is 5.85. The van der Waals surface area contributed by atoms with Crippen LogP contribution in [0.1, 0.15) is 6.92 Å². The number of aliphatic carboxylic acids is 1. The van der Waals surface area contributed by atoms with Crippen LogP contribution in [-0.4, -0.2) is 39.8 Å². The molecule has 0 radical (unpaired) electrons. The first-order chi connectivity index (χ1) is 4.64. The number of carbonyl (C=O) groups is 1. The fourth-order valence-corrected chi connectivity index (χ4v) is 0. The van der Waals surface area contributed by atoms with Crippen LogP contribution in [0, 0.1) is 0 Å². The van der Waals surface area contributed by atoms with Crippen molar-refractivity contribution in [2.45, 2.75) is 13.0 Å². The average Bonchev–Trinajstić information content (AvgIpc) is 1.59. The fraction of sp³-hybridized carbons (Fsp3) is 0.667. The molecule has 12 heavy (non-hydrogen) atoms. The van der Waals surface area contributed by atoms with E-state index in [1.807, 2.05) is 0 Å². The summed E-state index contributed by atoms with van der Waals surface area (Å²) in [5.74, 6) is -1.19. The molecule has 0 rings (SSSR count). The first-order valence-electron chi connectivity index (χ1n) is 2.25. The zero-order valence-corrected chi connectivity index (χ0v) is 7.77. The molecule has 0 spiro atoms. The summed E-state index contributed by atoms with van der Waals surface area (Å²) in [4.78, 5) is 9.45. The monoisotopic (exact) mass is 244 g/mol. The molecule has 0 heterocycles. The van der Waals surface area contributed by atoms with Gasteiger partial charge in [-0.05, 0) is 6.92 Å². The summed E-state index contributed by atoms with van der Waals surface area (Å²) in [6.07, 6.45) is -1.23. The number of carboxylic acids is 1. The molecular formula is C3H8FeO7S. The van der Waals surface area contributed by atoms with Crippen LogP contribution in [0.3, 0.4) is 0 Å². The van der Waals surface area contributed by atoms with Crippen molar-refractivity contribution >= 4 is 16.4 Å². The third kappa shape index (κ3) is 52.4. The van der Waals surface area contributed by atoms with Crippen LogP contribution in [0.2, 0.25) is 0 Å². The minimum absolute atomic E-state index is 0. The molecule has 76 valence electrons. The topological polar surface area (TPSA) is 132 Å². The van der Waals surface area contributed by atoms with E-state index in [2.05, 4.69) is 0 Å². The molecule has 0 saturated heterocycles. The van der Waals surface area contributed by atoms with Crippen LogP contribution >= 0.6 is 0 Å². The van der Waals surface area contributed by atoms with Gasteiger partial charge in [0.1, 0.15) is 6.10 Å². The molecule has 0 fully saturated rings. The quantitative estimate of drug-likeness (QED) is 0.336. The number of hydrogen-bond donors (Lipinski definition) is 4. The molecule has 1 unspecified atom stereocenters.